The van der Waals surface area contributed by atoms with Crippen LogP contribution in [0.2, 0.25) is 0 Å². The second kappa shape index (κ2) is 8.80. The molecule has 2 heteroatoms. The van der Waals surface area contributed by atoms with Crippen LogP contribution >= 0.6 is 0 Å². The van der Waals surface area contributed by atoms with Crippen LogP contribution in [0.15, 0.2) is 36.5 Å². The predicted octanol–water partition coefficient (Wildman–Crippen LogP) is 4.35. The highest BCUT2D eigenvalue weighted by Gasteiger charge is 2.07. The molecule has 0 bridgehead atoms. The molecular weight excluding hydrogens is 212 g/mol. The van der Waals surface area contributed by atoms with E-state index in [4.69, 9.17) is 5.11 Å². The van der Waals surface area contributed by atoms with Gasteiger partial charge in [0.2, 0.25) is 0 Å². The number of carbonyl (C=O) groups is 1. The maximum absolute atomic E-state index is 10.4. The second-order valence-corrected chi connectivity index (χ2v) is 4.59. The first-order valence-electron chi connectivity index (χ1n) is 6.11. The Morgan fingerprint density at radius 3 is 2.47 bits per heavy atom. The summed E-state index contributed by atoms with van der Waals surface area (Å²) < 4.78 is 0. The molecular formula is C15H24O2. The number of carboxylic acid groups (broad SMARTS) is 1. The fraction of sp³-hybridized carbons (Fsp3) is 0.533. The minimum atomic E-state index is -0.735. The Labute approximate surface area is 105 Å². The highest BCUT2D eigenvalue weighted by Crippen LogP contribution is 2.21. The van der Waals surface area contributed by atoms with Crippen molar-refractivity contribution in [2.45, 2.75) is 46.0 Å². The maximum Gasteiger partial charge on any atom is 0.303 e. The maximum atomic E-state index is 10.4. The average molecular weight is 236 g/mol. The Morgan fingerprint density at radius 2 is 2.00 bits per heavy atom. The summed E-state index contributed by atoms with van der Waals surface area (Å²) in [5.74, 6) is -0.256. The zero-order valence-electron chi connectivity index (χ0n) is 11.0. The molecule has 0 amide bonds. The van der Waals surface area contributed by atoms with Gasteiger partial charge in [0.25, 0.3) is 0 Å². The van der Waals surface area contributed by atoms with Gasteiger partial charge in [-0.15, -0.1) is 6.58 Å². The van der Waals surface area contributed by atoms with Crippen LogP contribution in [-0.4, -0.2) is 11.1 Å². The quantitative estimate of drug-likeness (QED) is 0.604. The van der Waals surface area contributed by atoms with Gasteiger partial charge in [-0.25, -0.2) is 0 Å². The number of carboxylic acids is 1. The van der Waals surface area contributed by atoms with Crippen molar-refractivity contribution in [3.05, 3.63) is 36.5 Å². The Morgan fingerprint density at radius 1 is 1.35 bits per heavy atom. The van der Waals surface area contributed by atoms with Gasteiger partial charge in [-0.3, -0.25) is 4.79 Å². The van der Waals surface area contributed by atoms with Crippen molar-refractivity contribution < 1.29 is 9.90 Å². The largest absolute Gasteiger partial charge is 0.481 e. The summed E-state index contributed by atoms with van der Waals surface area (Å²) in [6, 6.07) is 0. The first-order valence-corrected chi connectivity index (χ1v) is 6.11. The van der Waals surface area contributed by atoms with Gasteiger partial charge >= 0.3 is 5.97 Å². The molecule has 0 aliphatic heterocycles. The molecule has 0 radical (unpaired) electrons. The molecule has 0 spiro atoms. The molecule has 0 aromatic rings. The van der Waals surface area contributed by atoms with Crippen molar-refractivity contribution in [3.8, 4) is 0 Å². The van der Waals surface area contributed by atoms with Gasteiger partial charge in [-0.2, -0.15) is 0 Å². The minimum Gasteiger partial charge on any atom is -0.481 e. The summed E-state index contributed by atoms with van der Waals surface area (Å²) in [6.45, 7) is 11.8. The smallest absolute Gasteiger partial charge is 0.303 e. The normalized spacial score (nSPS) is 13.2. The molecule has 0 fully saturated rings. The summed E-state index contributed by atoms with van der Waals surface area (Å²) in [7, 11) is 0. The van der Waals surface area contributed by atoms with Crippen LogP contribution in [0, 0.1) is 5.92 Å². The van der Waals surface area contributed by atoms with E-state index in [1.807, 2.05) is 19.9 Å². The summed E-state index contributed by atoms with van der Waals surface area (Å²) in [5.41, 5.74) is 2.34. The van der Waals surface area contributed by atoms with E-state index in [0.29, 0.717) is 12.3 Å². The lowest BCUT2D eigenvalue weighted by molar-refractivity contribution is -0.136. The number of allylic oxidation sites excluding steroid dienone is 4. The molecule has 17 heavy (non-hydrogen) atoms. The van der Waals surface area contributed by atoms with Crippen LogP contribution in [-0.2, 0) is 4.79 Å². The summed E-state index contributed by atoms with van der Waals surface area (Å²) in [6.07, 6.45) is 7.95. The Kier molecular flexibility index (Phi) is 8.12. The predicted molar refractivity (Wildman–Crippen MR) is 73.0 cm³/mol. The molecule has 1 unspecified atom stereocenters. The van der Waals surface area contributed by atoms with E-state index in [0.717, 1.165) is 24.8 Å². The van der Waals surface area contributed by atoms with Crippen LogP contribution in [0.4, 0.5) is 0 Å². The third-order valence-electron chi connectivity index (χ3n) is 2.90. The third-order valence-corrected chi connectivity index (χ3v) is 2.90. The summed E-state index contributed by atoms with van der Waals surface area (Å²) >= 11 is 0. The molecule has 0 heterocycles. The van der Waals surface area contributed by atoms with Crippen LogP contribution < -0.4 is 0 Å². The fourth-order valence-corrected chi connectivity index (χ4v) is 1.63. The van der Waals surface area contributed by atoms with E-state index in [1.54, 1.807) is 0 Å². The van der Waals surface area contributed by atoms with Crippen molar-refractivity contribution in [2.24, 2.45) is 5.92 Å². The SMILES string of the molecule is C=CCCC(C/C=C(/C)CCC(=O)O)C(=C)C. The summed E-state index contributed by atoms with van der Waals surface area (Å²) in [4.78, 5) is 10.4. The second-order valence-electron chi connectivity index (χ2n) is 4.59. The van der Waals surface area contributed by atoms with Crippen LogP contribution in [0.3, 0.4) is 0 Å². The molecule has 1 N–H and O–H groups in total. The first-order chi connectivity index (χ1) is 7.97. The van der Waals surface area contributed by atoms with Crippen molar-refractivity contribution in [2.75, 3.05) is 0 Å². The monoisotopic (exact) mass is 236 g/mol. The van der Waals surface area contributed by atoms with Gasteiger partial charge in [-0.05, 0) is 45.4 Å². The van der Waals surface area contributed by atoms with Gasteiger partial charge in [0.05, 0.1) is 0 Å². The van der Waals surface area contributed by atoms with Gasteiger partial charge in [0.15, 0.2) is 0 Å². The lowest BCUT2D eigenvalue weighted by Gasteiger charge is -2.14. The topological polar surface area (TPSA) is 37.3 Å². The Bertz CT molecular complexity index is 300. The van der Waals surface area contributed by atoms with E-state index in [2.05, 4.69) is 19.2 Å². The lowest BCUT2D eigenvalue weighted by Crippen LogP contribution is -2.00. The van der Waals surface area contributed by atoms with Crippen LogP contribution in [0.5, 0.6) is 0 Å². The molecule has 0 saturated heterocycles. The first kappa shape index (κ1) is 15.7. The van der Waals surface area contributed by atoms with Crippen molar-refractivity contribution in [1.82, 2.24) is 0 Å². The van der Waals surface area contributed by atoms with Crippen LogP contribution in [0.1, 0.15) is 46.0 Å². The summed E-state index contributed by atoms with van der Waals surface area (Å²) in [5, 5.41) is 8.59. The van der Waals surface area contributed by atoms with E-state index < -0.39 is 5.97 Å². The lowest BCUT2D eigenvalue weighted by atomic mass is 9.92. The van der Waals surface area contributed by atoms with Gasteiger partial charge in [0.1, 0.15) is 0 Å². The minimum absolute atomic E-state index is 0.215. The molecule has 2 nitrogen and oxygen atoms in total. The van der Waals surface area contributed by atoms with Crippen molar-refractivity contribution >= 4 is 5.97 Å². The molecule has 1 atom stereocenters. The zero-order valence-corrected chi connectivity index (χ0v) is 11.0. The Hall–Kier alpha value is -1.31. The number of hydrogen-bond donors (Lipinski definition) is 1. The number of rotatable bonds is 9. The molecule has 0 aromatic carbocycles. The molecule has 0 rings (SSSR count). The molecule has 96 valence electrons. The van der Waals surface area contributed by atoms with Crippen LogP contribution in [0.25, 0.3) is 0 Å². The van der Waals surface area contributed by atoms with E-state index in [9.17, 15) is 4.79 Å². The molecule has 0 saturated carbocycles. The molecule has 0 aliphatic rings. The van der Waals surface area contributed by atoms with Gasteiger partial charge in [-0.1, -0.05) is 29.9 Å². The third kappa shape index (κ3) is 8.49. The van der Waals surface area contributed by atoms with Crippen molar-refractivity contribution in [3.63, 3.8) is 0 Å². The van der Waals surface area contributed by atoms with E-state index in [1.165, 1.54) is 5.57 Å². The Balaban J connectivity index is 4.16. The number of aliphatic carboxylic acids is 1. The fourth-order valence-electron chi connectivity index (χ4n) is 1.63. The zero-order chi connectivity index (χ0) is 13.3. The average Bonchev–Trinajstić information content (AvgIpc) is 2.25. The standard InChI is InChI=1S/C15H24O2/c1-5-6-7-14(12(2)3)10-8-13(4)9-11-15(16)17/h5,8,14H,1-2,6-7,9-11H2,3-4H3,(H,16,17)/b13-8-. The van der Waals surface area contributed by atoms with E-state index in [-0.39, 0.29) is 6.42 Å². The molecule has 0 aliphatic carbocycles. The van der Waals surface area contributed by atoms with E-state index >= 15 is 0 Å². The highest BCUT2D eigenvalue weighted by atomic mass is 16.4. The highest BCUT2D eigenvalue weighted by molar-refractivity contribution is 5.66. The molecule has 0 aromatic heterocycles. The van der Waals surface area contributed by atoms with Gasteiger partial charge < -0.3 is 5.11 Å². The van der Waals surface area contributed by atoms with Crippen molar-refractivity contribution in [1.29, 1.82) is 0 Å². The van der Waals surface area contributed by atoms with Gasteiger partial charge in [0, 0.05) is 6.42 Å². The number of hydrogen-bond acceptors (Lipinski definition) is 1.